The lowest BCUT2D eigenvalue weighted by Gasteiger charge is -2.41. The largest absolute Gasteiger partial charge is 0.387 e. The van der Waals surface area contributed by atoms with Crippen LogP contribution < -0.4 is 31.4 Å². The van der Waals surface area contributed by atoms with E-state index in [9.17, 15) is 48.6 Å². The minimum atomic E-state index is -2.47. The highest BCUT2D eigenvalue weighted by Gasteiger charge is 2.40. The Morgan fingerprint density at radius 3 is 1.10 bits per heavy atom. The second-order valence-electron chi connectivity index (χ2n) is 33.8. The Labute approximate surface area is 737 Å². The van der Waals surface area contributed by atoms with E-state index in [1.165, 1.54) is 39.4 Å². The number of likely N-dealkylation sites (tertiary alicyclic amines) is 2. The van der Waals surface area contributed by atoms with E-state index in [-0.39, 0.29) is 92.1 Å². The minimum Gasteiger partial charge on any atom is -0.387 e. The molecule has 28 nitrogen and oxygen atoms in total. The number of aromatic amines is 3. The number of aliphatic hydroxyl groups is 2. The Morgan fingerprint density at radius 1 is 0.432 bits per heavy atom. The first-order valence-electron chi connectivity index (χ1n) is 44.5. The molecule has 0 bridgehead atoms. The number of ketones is 5. The minimum absolute atomic E-state index is 0.0447. The van der Waals surface area contributed by atoms with Gasteiger partial charge in [-0.1, -0.05) is 35.7 Å². The van der Waals surface area contributed by atoms with Crippen molar-refractivity contribution in [2.75, 3.05) is 116 Å². The first kappa shape index (κ1) is 84.9. The molecule has 2 atom stereocenters. The van der Waals surface area contributed by atoms with Gasteiger partial charge in [0.25, 0.3) is 16.7 Å². The molecule has 5 saturated heterocycles. The third-order valence-corrected chi connectivity index (χ3v) is 25.2. The molecular formula is C97H111N13O15. The number of rotatable bonds is 15. The zero-order chi connectivity index (χ0) is 95.9. The molecule has 1 unspecified atom stereocenters. The number of piperidine rings is 5. The van der Waals surface area contributed by atoms with E-state index in [4.69, 9.17) is 64.0 Å². The molecule has 8 aromatic heterocycles. The van der Waals surface area contributed by atoms with Gasteiger partial charge in [0.2, 0.25) is 0 Å². The van der Waals surface area contributed by atoms with Gasteiger partial charge in [-0.25, -0.2) is 4.98 Å². The zero-order valence-corrected chi connectivity index (χ0v) is 73.0. The molecule has 654 valence electrons. The summed E-state index contributed by atoms with van der Waals surface area (Å²) in [5, 5.41) is 21.8. The number of fused-ring (bicyclic) bond motifs is 5. The molecule has 8 aromatic rings. The van der Waals surface area contributed by atoms with Crippen LogP contribution in [0.5, 0.6) is 0 Å². The second-order valence-corrected chi connectivity index (χ2v) is 33.8. The highest BCUT2D eigenvalue weighted by Crippen LogP contribution is 2.42. The van der Waals surface area contributed by atoms with Crippen LogP contribution in [0.3, 0.4) is 0 Å². The van der Waals surface area contributed by atoms with Crippen molar-refractivity contribution in [1.82, 2.24) is 49.7 Å². The van der Waals surface area contributed by atoms with Crippen molar-refractivity contribution >= 4 is 90.1 Å². The number of nitrogens with zero attached hydrogens (tertiary/aromatic N) is 10. The normalized spacial score (nSPS) is 19.3. The lowest BCUT2D eigenvalue weighted by Crippen LogP contribution is -2.44. The van der Waals surface area contributed by atoms with Crippen LogP contribution in [0.25, 0.3) is 44.1 Å². The number of hydrogen-bond donors (Lipinski definition) is 5. The number of Topliss-reactive ketones (excluding diaryl/α,β-unsaturated/α-hetero) is 5. The number of terminal acetylenes is 5. The Bertz CT molecular complexity index is 6270. The molecular weight excluding hydrogens is 1590 g/mol. The number of H-pyrrole nitrogens is 3. The molecule has 0 saturated carbocycles. The van der Waals surface area contributed by atoms with Crippen LogP contribution in [0, 0.1) is 61.7 Å². The van der Waals surface area contributed by atoms with Gasteiger partial charge in [0.15, 0.2) is 28.9 Å². The van der Waals surface area contributed by atoms with E-state index < -0.39 is 43.0 Å². The number of carbonyl (C=O) groups excluding carboxylic acids is 5. The molecule has 2 aliphatic carbocycles. The molecule has 13 heterocycles. The number of carbonyl (C=O) groups is 5. The van der Waals surface area contributed by atoms with Gasteiger partial charge in [-0.05, 0) is 154 Å². The van der Waals surface area contributed by atoms with Crippen molar-refractivity contribution in [2.24, 2.45) is 0 Å². The summed E-state index contributed by atoms with van der Waals surface area (Å²) in [5.41, 5.74) is 8.57. The number of allylic oxidation sites excluding steroid dienone is 2. The van der Waals surface area contributed by atoms with Crippen LogP contribution in [0.15, 0.2) is 86.7 Å². The predicted octanol–water partition coefficient (Wildman–Crippen LogP) is 10.5. The number of anilines is 3. The summed E-state index contributed by atoms with van der Waals surface area (Å²) in [4.78, 5) is 137. The van der Waals surface area contributed by atoms with E-state index in [1.54, 1.807) is 79.5 Å². The maximum absolute atomic E-state index is 12.5. The molecule has 28 heteroatoms. The number of methoxy groups -OCH3 is 5. The van der Waals surface area contributed by atoms with E-state index >= 15 is 0 Å². The molecule has 5 fully saturated rings. The SMILES string of the molecule is C#CC1=C(N2CCC(C)(OC)CC2)c2cc([C@@H](C)O)ncc2CC1=O.C#CC1=C(N2CCC(C)(OC)CC2)c2nc(C(C)=O)ccc2CC1=O.C#Cc1c(N2CCC(C)(OC)CC2)c2cc(C(C)=O)ncc2[nH]c1=O.[2H]C([2H])([2H])OC1(C)CCN(c2c(C#C)c(=O)[nH]c3cnc(C(C)=O)cc23)CC1.[2H]C([2H])([2H])OC1(C)CCN(c2c(C#C)c(=O)[nH]c3cnc(C(C)O)cc23)CC1. The third-order valence-electron chi connectivity index (χ3n) is 25.2. The van der Waals surface area contributed by atoms with Gasteiger partial charge in [-0.2, -0.15) is 0 Å². The Morgan fingerprint density at radius 2 is 0.752 bits per heavy atom. The fourth-order valence-electron chi connectivity index (χ4n) is 16.5. The summed E-state index contributed by atoms with van der Waals surface area (Å²) in [6, 6.07) is 10.4. The van der Waals surface area contributed by atoms with E-state index in [1.807, 2.05) is 21.9 Å². The van der Waals surface area contributed by atoms with Gasteiger partial charge < -0.3 is 73.3 Å². The van der Waals surface area contributed by atoms with Crippen LogP contribution in [0.2, 0.25) is 0 Å². The molecule has 5 N–H and O–H groups in total. The number of pyridine rings is 8. The third kappa shape index (κ3) is 20.3. The fourth-order valence-corrected chi connectivity index (χ4v) is 16.5. The molecule has 0 radical (unpaired) electrons. The summed E-state index contributed by atoms with van der Waals surface area (Å²) in [6.07, 6.45) is 40.3. The summed E-state index contributed by atoms with van der Waals surface area (Å²) in [5.74, 6) is 12.0. The monoisotopic (exact) mass is 1700 g/mol. The van der Waals surface area contributed by atoms with Crippen LogP contribution in [-0.2, 0) is 46.1 Å². The van der Waals surface area contributed by atoms with Crippen molar-refractivity contribution in [1.29, 1.82) is 0 Å². The predicted molar refractivity (Wildman–Crippen MR) is 483 cm³/mol. The zero-order valence-electron chi connectivity index (χ0n) is 79.0. The van der Waals surface area contributed by atoms with Crippen LogP contribution >= 0.6 is 0 Å². The van der Waals surface area contributed by atoms with Crippen LogP contribution in [0.4, 0.5) is 17.1 Å². The summed E-state index contributed by atoms with van der Waals surface area (Å²) >= 11 is 0. The topological polar surface area (TPSA) is 351 Å². The van der Waals surface area contributed by atoms with Gasteiger partial charge in [0.05, 0.1) is 140 Å². The molecule has 5 aliphatic heterocycles. The average Bonchev–Trinajstić information content (AvgIpc) is 0.778. The van der Waals surface area contributed by atoms with Gasteiger partial charge in [-0.3, -0.25) is 58.3 Å². The van der Waals surface area contributed by atoms with Crippen molar-refractivity contribution in [3.8, 4) is 61.7 Å². The fraction of sp³-hybridized carbons (Fsp3) is 0.454. The second kappa shape index (κ2) is 38.9. The van der Waals surface area contributed by atoms with Gasteiger partial charge in [0, 0.05) is 162 Å². The van der Waals surface area contributed by atoms with Crippen LogP contribution in [-0.4, -0.2) is 218 Å². The lowest BCUT2D eigenvalue weighted by atomic mass is 9.86. The first-order valence-corrected chi connectivity index (χ1v) is 41.5. The van der Waals surface area contributed by atoms with Crippen molar-refractivity contribution in [3.63, 3.8) is 0 Å². The van der Waals surface area contributed by atoms with Crippen molar-refractivity contribution in [3.05, 3.63) is 171 Å². The number of aliphatic hydroxyl groups excluding tert-OH is 2. The van der Waals surface area contributed by atoms with Crippen molar-refractivity contribution in [2.45, 2.75) is 187 Å². The van der Waals surface area contributed by atoms with Gasteiger partial charge in [0.1, 0.15) is 33.8 Å². The Kier molecular flexibility index (Phi) is 26.4. The molecule has 15 rings (SSSR count). The highest BCUT2D eigenvalue weighted by atomic mass is 16.5. The molecule has 125 heavy (non-hydrogen) atoms. The van der Waals surface area contributed by atoms with Gasteiger partial charge >= 0.3 is 0 Å². The number of aromatic nitrogens is 8. The first-order chi connectivity index (χ1) is 61.7. The number of hydrogen-bond acceptors (Lipinski definition) is 25. The molecule has 0 aromatic carbocycles. The summed E-state index contributed by atoms with van der Waals surface area (Å²) < 4.78 is 71.5. The quantitative estimate of drug-likeness (QED) is 0.0470. The average molecular weight is 1710 g/mol. The Balaban J connectivity index is 0.000000158. The maximum Gasteiger partial charge on any atom is 0.266 e. The number of nitrogens with one attached hydrogen (secondary N) is 3. The highest BCUT2D eigenvalue weighted by molar-refractivity contribution is 6.11. The molecule has 7 aliphatic rings. The van der Waals surface area contributed by atoms with E-state index in [0.29, 0.717) is 142 Å². The Hall–Kier alpha value is -12.3. The van der Waals surface area contributed by atoms with Crippen molar-refractivity contribution < 1.29 is 66.1 Å². The number of ether oxygens (including phenoxy) is 5. The lowest BCUT2D eigenvalue weighted by molar-refractivity contribution is -0.115. The van der Waals surface area contributed by atoms with E-state index in [2.05, 4.69) is 105 Å². The standard InChI is InChI=1S/C20H24N2O3.C20H22N2O3.C19H23N3O3.2C19H21N3O3/c1-5-15-18(24)10-14-12-21-17(13(2)23)11-16(14)19(15)22-8-6-20(3,25-4)7-9-22;1-5-15-17(24)12-14-6-7-16(13(2)23)21-18(14)19(15)22-10-8-20(3,25-4)9-11-22;3*1-5-13-17(22-8-6-19(3,25-4)7-9-22)14-10-15(12(2)23)20-11-16(14)21-18(13)24/h1,11-13,23H,6-10H2,2-4H3;1,6-7H,8-12H2,2-4H3;1,10-12,23H,6-9H2,2-4H3,(H,21,24);2*1,10-11H,6-9H2,2-4H3,(H,21,24)/t13-;;;;/m1..../s1/i;;2*4D3;. The van der Waals surface area contributed by atoms with E-state index in [0.717, 1.165) is 106 Å². The summed E-state index contributed by atoms with van der Waals surface area (Å²) in [7, 11) is 0.245. The maximum atomic E-state index is 12.5. The molecule has 0 spiro atoms. The molecule has 0 amide bonds. The van der Waals surface area contributed by atoms with Gasteiger partial charge in [-0.15, -0.1) is 32.1 Å². The smallest absolute Gasteiger partial charge is 0.266 e. The van der Waals surface area contributed by atoms with Crippen LogP contribution in [0.1, 0.15) is 236 Å². The summed E-state index contributed by atoms with van der Waals surface area (Å²) in [6.45, 7) is 23.8.